The number of aromatic nitrogens is 2. The number of hydrogen-bond donors (Lipinski definition) is 0. The van der Waals surface area contributed by atoms with Crippen molar-refractivity contribution in [2.45, 2.75) is 38.0 Å². The van der Waals surface area contributed by atoms with Crippen LogP contribution in [0.4, 0.5) is 13.2 Å². The lowest BCUT2D eigenvalue weighted by molar-refractivity contribution is -0.0507. The molecular weight excluding hydrogens is 419 g/mol. The van der Waals surface area contributed by atoms with E-state index in [2.05, 4.69) is 16.8 Å². The van der Waals surface area contributed by atoms with Crippen LogP contribution < -0.4 is 4.74 Å². The molecule has 1 amide bonds. The van der Waals surface area contributed by atoms with Crippen LogP contribution in [0.1, 0.15) is 62.8 Å². The van der Waals surface area contributed by atoms with Crippen molar-refractivity contribution in [1.29, 1.82) is 0 Å². The molecule has 5 nitrogen and oxygen atoms in total. The molecule has 32 heavy (non-hydrogen) atoms. The largest absolute Gasteiger partial charge is 0.434 e. The van der Waals surface area contributed by atoms with Crippen molar-refractivity contribution in [3.05, 3.63) is 58.7 Å². The number of imidazole rings is 1. The molecule has 1 fully saturated rings. The average molecular weight is 440 g/mol. The maximum Gasteiger partial charge on any atom is 0.387 e. The first-order valence-electron chi connectivity index (χ1n) is 11.8. The van der Waals surface area contributed by atoms with E-state index >= 15 is 4.39 Å². The predicted molar refractivity (Wildman–Crippen MR) is 110 cm³/mol. The molecule has 3 aromatic rings. The molecule has 0 N–H and O–H groups in total. The van der Waals surface area contributed by atoms with Crippen LogP contribution in [0.2, 0.25) is 0 Å². The molecule has 0 spiro atoms. The number of fused-ring (bicyclic) bond motifs is 9. The normalized spacial score (nSPS) is 23.1. The molecule has 2 bridgehead atoms. The minimum Gasteiger partial charge on any atom is -0.434 e. The van der Waals surface area contributed by atoms with Gasteiger partial charge in [-0.2, -0.15) is 8.78 Å². The third kappa shape index (κ3) is 2.80. The number of carbonyl (C=O) groups excluding carboxylic acids is 1. The minimum absolute atomic E-state index is 0.000298. The van der Waals surface area contributed by atoms with E-state index in [0.29, 0.717) is 17.0 Å². The first-order valence-corrected chi connectivity index (χ1v) is 10.3. The summed E-state index contributed by atoms with van der Waals surface area (Å²) in [6.45, 7) is -6.00. The molecule has 2 aromatic carbocycles. The average Bonchev–Trinajstić information content (AvgIpc) is 3.45. The Hall–Kier alpha value is -3.47. The van der Waals surface area contributed by atoms with Crippen molar-refractivity contribution in [2.75, 3.05) is 6.98 Å². The maximum absolute atomic E-state index is 15.1. The summed E-state index contributed by atoms with van der Waals surface area (Å²) in [4.78, 5) is 18.5. The highest BCUT2D eigenvalue weighted by molar-refractivity contribution is 5.97. The molecule has 0 radical (unpaired) electrons. The van der Waals surface area contributed by atoms with Gasteiger partial charge in [0.15, 0.2) is 5.82 Å². The lowest BCUT2D eigenvalue weighted by Gasteiger charge is -2.24. The van der Waals surface area contributed by atoms with Crippen LogP contribution in [0.25, 0.3) is 11.0 Å². The second-order valence-electron chi connectivity index (χ2n) is 8.25. The fourth-order valence-electron chi connectivity index (χ4n) is 4.65. The topological polar surface area (TPSA) is 47.4 Å². The molecule has 1 saturated carbocycles. The molecule has 2 aliphatic heterocycles. The van der Waals surface area contributed by atoms with E-state index in [1.165, 1.54) is 24.3 Å². The molecule has 3 aliphatic rings. The predicted octanol–water partition coefficient (Wildman–Crippen LogP) is 4.66. The van der Waals surface area contributed by atoms with Crippen molar-refractivity contribution in [2.24, 2.45) is 5.92 Å². The van der Waals surface area contributed by atoms with E-state index in [4.69, 9.17) is 8.85 Å². The van der Waals surface area contributed by atoms with E-state index in [-0.39, 0.29) is 34.6 Å². The number of hydrogen-bond acceptors (Lipinski definition) is 3. The number of alkyl halides is 2. The summed E-state index contributed by atoms with van der Waals surface area (Å²) < 4.78 is 72.1. The van der Waals surface area contributed by atoms with Gasteiger partial charge in [-0.1, -0.05) is 17.9 Å². The molecule has 162 valence electrons. The fourth-order valence-corrected chi connectivity index (χ4v) is 4.65. The Balaban J connectivity index is 1.63. The highest BCUT2D eigenvalue weighted by atomic mass is 19.3. The Morgan fingerprint density at radius 2 is 2.12 bits per heavy atom. The summed E-state index contributed by atoms with van der Waals surface area (Å²) in [5, 5.41) is 0. The number of ether oxygens (including phenoxy) is 1. The second-order valence-corrected chi connectivity index (χ2v) is 8.25. The monoisotopic (exact) mass is 440 g/mol. The second kappa shape index (κ2) is 6.76. The van der Waals surface area contributed by atoms with Crippen LogP contribution in [-0.2, 0) is 0 Å². The third-order valence-corrected chi connectivity index (χ3v) is 6.21. The molecule has 2 atom stereocenters. The molecular formula is C24H18F3N3O2. The Morgan fingerprint density at radius 1 is 1.28 bits per heavy atom. The number of halogens is 3. The van der Waals surface area contributed by atoms with Gasteiger partial charge in [0.05, 0.1) is 17.6 Å². The summed E-state index contributed by atoms with van der Waals surface area (Å²) in [5.74, 6) is 4.83. The molecule has 1 aliphatic carbocycles. The van der Waals surface area contributed by atoms with Crippen LogP contribution in [-0.4, -0.2) is 33.9 Å². The number of rotatable bonds is 2. The van der Waals surface area contributed by atoms with Crippen molar-refractivity contribution < 1.29 is 26.8 Å². The first kappa shape index (κ1) is 16.2. The van der Waals surface area contributed by atoms with Gasteiger partial charge in [0.25, 0.3) is 5.91 Å². The fraction of sp³-hybridized carbons (Fsp3) is 0.333. The highest BCUT2D eigenvalue weighted by Crippen LogP contribution is 2.50. The van der Waals surface area contributed by atoms with Crippen molar-refractivity contribution in [1.82, 2.24) is 14.5 Å². The molecule has 6 rings (SSSR count). The summed E-state index contributed by atoms with van der Waals surface area (Å²) in [6, 6.07) is 5.22. The highest BCUT2D eigenvalue weighted by Gasteiger charge is 2.45. The number of benzene rings is 2. The van der Waals surface area contributed by atoms with Crippen molar-refractivity contribution >= 4 is 16.9 Å². The van der Waals surface area contributed by atoms with Crippen LogP contribution >= 0.6 is 0 Å². The maximum atomic E-state index is 15.1. The smallest absolute Gasteiger partial charge is 0.387 e. The van der Waals surface area contributed by atoms with Gasteiger partial charge in [0.1, 0.15) is 17.1 Å². The summed E-state index contributed by atoms with van der Waals surface area (Å²) >= 11 is 0. The Kier molecular flexibility index (Phi) is 3.42. The van der Waals surface area contributed by atoms with Crippen LogP contribution in [0, 0.1) is 23.6 Å². The van der Waals surface area contributed by atoms with Gasteiger partial charge in [-0.15, -0.1) is 0 Å². The Morgan fingerprint density at radius 3 is 2.88 bits per heavy atom. The van der Waals surface area contributed by atoms with E-state index in [9.17, 15) is 13.6 Å². The third-order valence-electron chi connectivity index (χ3n) is 6.21. The van der Waals surface area contributed by atoms with E-state index in [1.807, 2.05) is 0 Å². The van der Waals surface area contributed by atoms with E-state index in [0.717, 1.165) is 17.7 Å². The first-order chi connectivity index (χ1) is 16.6. The zero-order valence-corrected chi connectivity index (χ0v) is 16.6. The zero-order chi connectivity index (χ0) is 24.6. The van der Waals surface area contributed by atoms with E-state index in [1.54, 1.807) is 10.6 Å². The molecule has 8 heteroatoms. The van der Waals surface area contributed by atoms with E-state index < -0.39 is 37.4 Å². The molecule has 0 unspecified atom stereocenters. The summed E-state index contributed by atoms with van der Waals surface area (Å²) in [7, 11) is 0. The zero-order valence-electron chi connectivity index (χ0n) is 19.6. The van der Waals surface area contributed by atoms with Gasteiger partial charge in [0.2, 0.25) is 0 Å². The van der Waals surface area contributed by atoms with Crippen LogP contribution in [0.15, 0.2) is 30.3 Å². The van der Waals surface area contributed by atoms with Gasteiger partial charge in [-0.3, -0.25) is 4.79 Å². The van der Waals surface area contributed by atoms with Crippen molar-refractivity contribution in [3.8, 4) is 17.6 Å². The minimum atomic E-state index is -3.16. The number of carbonyl (C=O) groups is 1. The van der Waals surface area contributed by atoms with Crippen molar-refractivity contribution in [3.63, 3.8) is 0 Å². The van der Waals surface area contributed by atoms with Gasteiger partial charge in [-0.05, 0) is 37.1 Å². The summed E-state index contributed by atoms with van der Waals surface area (Å²) in [6.07, 6.45) is 2.08. The molecule has 1 aromatic heterocycles. The SMILES string of the molecule is [2H]C([2H])([2H])N1C(=O)c2cccc(OC(F)F)c2[C@H]2C[C@@H]1c1nc3c(F)cc(C#CC4CC4)cc3n12. The molecule has 0 saturated heterocycles. The summed E-state index contributed by atoms with van der Waals surface area (Å²) in [5.41, 5.74) is 0.863. The van der Waals surface area contributed by atoms with Gasteiger partial charge in [-0.25, -0.2) is 9.37 Å². The molecule has 3 heterocycles. The number of amides is 1. The standard InChI is InChI=1S/C24H18F3N3O2/c1-29-18-11-16(20-14(23(29)31)3-2-4-19(20)32-24(26)27)30-17-10-13(8-7-12-5-6-12)9-15(25)21(17)28-22(18)30/h2-4,9-10,12,16,18,24H,5-6,11H2,1H3/t16-,18-/m1/s1/i1D3. The lowest BCUT2D eigenvalue weighted by atomic mass is 9.97. The lowest BCUT2D eigenvalue weighted by Crippen LogP contribution is -2.30. The van der Waals surface area contributed by atoms with Gasteiger partial charge in [0, 0.05) is 40.1 Å². The van der Waals surface area contributed by atoms with Gasteiger partial charge >= 0.3 is 6.61 Å². The Labute approximate surface area is 186 Å². The Bertz CT molecular complexity index is 1450. The van der Waals surface area contributed by atoms with Crippen LogP contribution in [0.5, 0.6) is 5.75 Å². The quantitative estimate of drug-likeness (QED) is 0.545. The van der Waals surface area contributed by atoms with Crippen LogP contribution in [0.3, 0.4) is 0 Å². The number of nitrogens with zero attached hydrogens (tertiary/aromatic N) is 3. The van der Waals surface area contributed by atoms with Gasteiger partial charge < -0.3 is 14.2 Å².